The second-order valence-corrected chi connectivity index (χ2v) is 4.77. The Morgan fingerprint density at radius 3 is 2.05 bits per heavy atom. The van der Waals surface area contributed by atoms with E-state index in [1.54, 1.807) is 11.1 Å². The van der Waals surface area contributed by atoms with Crippen molar-refractivity contribution in [2.45, 2.75) is 53.4 Å². The molecule has 20 heavy (non-hydrogen) atoms. The molecule has 0 heterocycles. The Balaban J connectivity index is -0.000000256. The summed E-state index contributed by atoms with van der Waals surface area (Å²) in [5, 5.41) is 0. The molecule has 0 bridgehead atoms. The van der Waals surface area contributed by atoms with Crippen molar-refractivity contribution < 1.29 is 98.1 Å². The Morgan fingerprint density at radius 2 is 1.55 bits per heavy atom. The normalized spacial score (nSPS) is 17.3. The quantitative estimate of drug-likeness (QED) is 0.362. The van der Waals surface area contributed by atoms with Gasteiger partial charge in [0.05, 0.1) is 0 Å². The number of allylic oxidation sites excluding steroid dienone is 4. The van der Waals surface area contributed by atoms with Gasteiger partial charge < -0.3 is 32.8 Å². The average Bonchev–Trinajstić information content (AvgIpc) is 2.65. The van der Waals surface area contributed by atoms with E-state index >= 15 is 0 Å². The van der Waals surface area contributed by atoms with Gasteiger partial charge in [-0.3, -0.25) is 5.57 Å². The standard InChI is InChI=1S/C15H20.2CH4.3Y/c1-4-15(11(2)3)14-9-8-12-6-5-7-13(12)10-14;;;;;/h11,15H,1-8,10H2;2*1H4;;;/q-4;;;;;. The fourth-order valence-electron chi connectivity index (χ4n) is 2.76. The second-order valence-electron chi connectivity index (χ2n) is 4.77. The molecule has 0 amide bonds. The Labute approximate surface area is 203 Å². The van der Waals surface area contributed by atoms with Gasteiger partial charge in [-0.2, -0.15) is 12.8 Å². The summed E-state index contributed by atoms with van der Waals surface area (Å²) in [4.78, 5) is 0. The number of hydrogen-bond donors (Lipinski definition) is 0. The van der Waals surface area contributed by atoms with Crippen LogP contribution in [-0.2, 0) is 98.1 Å². The number of hydrogen-bond acceptors (Lipinski definition) is 0. The van der Waals surface area contributed by atoms with Gasteiger partial charge in [-0.25, -0.2) is 0 Å². The maximum Gasteiger partial charge on any atom is 0 e. The largest absolute Gasteiger partial charge is 0.493 e. The van der Waals surface area contributed by atoms with E-state index in [9.17, 15) is 0 Å². The molecular formula is C17H28Y3-4. The number of rotatable bonds is 3. The van der Waals surface area contributed by atoms with Gasteiger partial charge >= 0.3 is 0 Å². The maximum absolute atomic E-state index is 4.04. The van der Waals surface area contributed by atoms with Crippen LogP contribution in [0.2, 0.25) is 0 Å². The van der Waals surface area contributed by atoms with Crippen LogP contribution in [0.15, 0.2) is 16.7 Å². The first-order valence-corrected chi connectivity index (χ1v) is 5.97. The van der Waals surface area contributed by atoms with E-state index < -0.39 is 0 Å². The van der Waals surface area contributed by atoms with E-state index in [1.165, 1.54) is 24.8 Å². The maximum atomic E-state index is 4.04. The molecule has 1 unspecified atom stereocenters. The topological polar surface area (TPSA) is 0 Å². The molecule has 0 aliphatic heterocycles. The minimum absolute atomic E-state index is 0. The minimum atomic E-state index is 0. The minimum Gasteiger partial charge on any atom is -0.493 e. The molecule has 2 rings (SSSR count). The van der Waals surface area contributed by atoms with Crippen LogP contribution in [-0.4, -0.2) is 0 Å². The second kappa shape index (κ2) is 15.3. The van der Waals surface area contributed by atoms with Crippen LogP contribution in [0.4, 0.5) is 0 Å². The zero-order valence-electron chi connectivity index (χ0n) is 11.3. The first kappa shape index (κ1) is 30.6. The first-order valence-electron chi connectivity index (χ1n) is 5.97. The van der Waals surface area contributed by atoms with Gasteiger partial charge in [0.1, 0.15) is 0 Å². The van der Waals surface area contributed by atoms with Crippen LogP contribution in [0, 0.1) is 38.7 Å². The van der Waals surface area contributed by atoms with Crippen LogP contribution in [0.3, 0.4) is 0 Å². The van der Waals surface area contributed by atoms with Gasteiger partial charge in [0, 0.05) is 98.1 Å². The fourth-order valence-corrected chi connectivity index (χ4v) is 2.76. The van der Waals surface area contributed by atoms with Crippen molar-refractivity contribution in [3.63, 3.8) is 0 Å². The monoisotopic (exact) mass is 499 g/mol. The molecule has 0 saturated carbocycles. The summed E-state index contributed by atoms with van der Waals surface area (Å²) >= 11 is 0. The molecule has 0 aromatic heterocycles. The van der Waals surface area contributed by atoms with Crippen molar-refractivity contribution in [3.05, 3.63) is 43.6 Å². The summed E-state index contributed by atoms with van der Waals surface area (Å²) in [6, 6.07) is 0. The molecule has 0 saturated heterocycles. The molecule has 0 aromatic carbocycles. The van der Waals surface area contributed by atoms with E-state index in [2.05, 4.69) is 26.8 Å². The summed E-state index contributed by atoms with van der Waals surface area (Å²) in [5.41, 5.74) is 4.77. The van der Waals surface area contributed by atoms with Crippen molar-refractivity contribution in [2.24, 2.45) is 11.8 Å². The fraction of sp³-hybridized carbons (Fsp3) is 0.588. The zero-order chi connectivity index (χ0) is 10.8. The Hall–Kier alpha value is 2.79. The average molecular weight is 499 g/mol. The van der Waals surface area contributed by atoms with Crippen molar-refractivity contribution in [2.75, 3.05) is 0 Å². The third-order valence-electron chi connectivity index (χ3n) is 3.72. The molecule has 3 radical (unpaired) electrons. The van der Waals surface area contributed by atoms with E-state index in [0.29, 0.717) is 5.92 Å². The zero-order valence-corrected chi connectivity index (χ0v) is 19.8. The molecule has 1 atom stereocenters. The molecule has 0 nitrogen and oxygen atoms in total. The molecule has 3 heteroatoms. The molecule has 109 valence electrons. The molecule has 0 aromatic rings. The molecule has 2 aliphatic carbocycles. The predicted molar refractivity (Wildman–Crippen MR) is 78.0 cm³/mol. The first-order chi connectivity index (χ1) is 7.22. The molecule has 0 N–H and O–H groups in total. The van der Waals surface area contributed by atoms with Crippen LogP contribution in [0.1, 0.15) is 53.4 Å². The summed E-state index contributed by atoms with van der Waals surface area (Å²) in [5.74, 6) is 0.660. The third-order valence-corrected chi connectivity index (χ3v) is 3.72. The van der Waals surface area contributed by atoms with E-state index in [-0.39, 0.29) is 119 Å². The summed E-state index contributed by atoms with van der Waals surface area (Å²) in [7, 11) is 0. The Kier molecular flexibility index (Phi) is 23.5. The van der Waals surface area contributed by atoms with Crippen LogP contribution >= 0.6 is 0 Å². The predicted octanol–water partition coefficient (Wildman–Crippen LogP) is 5.38. The summed E-state index contributed by atoms with van der Waals surface area (Å²) < 4.78 is 0. The van der Waals surface area contributed by atoms with Gasteiger partial charge in [0.15, 0.2) is 0 Å². The van der Waals surface area contributed by atoms with Gasteiger partial charge in [-0.05, 0) is 25.7 Å². The Morgan fingerprint density at radius 1 is 1.00 bits per heavy atom. The summed E-state index contributed by atoms with van der Waals surface area (Å²) in [6.07, 6.45) is 10.6. The summed E-state index contributed by atoms with van der Waals surface area (Å²) in [6.45, 7) is 12.1. The van der Waals surface area contributed by atoms with Crippen molar-refractivity contribution in [1.29, 1.82) is 0 Å². The van der Waals surface area contributed by atoms with Crippen molar-refractivity contribution in [1.82, 2.24) is 0 Å². The van der Waals surface area contributed by atoms with Gasteiger partial charge in [-0.15, -0.1) is 5.92 Å². The van der Waals surface area contributed by atoms with Crippen molar-refractivity contribution in [3.8, 4) is 0 Å². The van der Waals surface area contributed by atoms with Gasteiger partial charge in [-0.1, -0.05) is 26.0 Å². The van der Waals surface area contributed by atoms with E-state index in [4.69, 9.17) is 0 Å². The van der Waals surface area contributed by atoms with Crippen LogP contribution in [0.25, 0.3) is 0 Å². The third kappa shape index (κ3) is 8.06. The van der Waals surface area contributed by atoms with E-state index in [1.807, 2.05) is 0 Å². The Bertz CT molecular complexity index is 303. The van der Waals surface area contributed by atoms with Gasteiger partial charge in [0.2, 0.25) is 0 Å². The SMILES string of the molecule is C.C.[CH2-]CC(C1=[C-]CC2=C(CCC2)C1)C([CH2-])[CH2-].[Y].[Y].[Y]. The molecule has 2 aliphatic rings. The molecule has 0 spiro atoms. The van der Waals surface area contributed by atoms with Crippen LogP contribution in [0.5, 0.6) is 0 Å². The molecular weight excluding hydrogens is 471 g/mol. The van der Waals surface area contributed by atoms with Crippen LogP contribution < -0.4 is 0 Å². The van der Waals surface area contributed by atoms with E-state index in [0.717, 1.165) is 19.3 Å². The van der Waals surface area contributed by atoms with Crippen molar-refractivity contribution >= 4 is 0 Å². The molecule has 0 fully saturated rings. The van der Waals surface area contributed by atoms with Gasteiger partial charge in [0.25, 0.3) is 0 Å². The smallest absolute Gasteiger partial charge is 0 e.